The number of nitrogen functional groups attached to an aromatic ring is 1. The summed E-state index contributed by atoms with van der Waals surface area (Å²) < 4.78 is 0. The molecule has 0 heterocycles. The number of anilines is 1. The Morgan fingerprint density at radius 2 is 2.18 bits per heavy atom. The minimum absolute atomic E-state index is 0.294. The average molecular weight is 151 g/mol. The molecule has 0 saturated carbocycles. The van der Waals surface area contributed by atoms with Crippen molar-refractivity contribution in [3.63, 3.8) is 0 Å². The van der Waals surface area contributed by atoms with Gasteiger partial charge in [-0.05, 0) is 30.2 Å². The van der Waals surface area contributed by atoms with Gasteiger partial charge in [-0.3, -0.25) is 0 Å². The van der Waals surface area contributed by atoms with Crippen LogP contribution in [-0.4, -0.2) is 5.11 Å². The molecule has 0 radical (unpaired) electrons. The highest BCUT2D eigenvalue weighted by Crippen LogP contribution is 2.19. The molecule has 2 heteroatoms. The first-order valence-corrected chi connectivity index (χ1v) is 3.81. The molecule has 0 spiro atoms. The van der Waals surface area contributed by atoms with Gasteiger partial charge in [0.2, 0.25) is 0 Å². The van der Waals surface area contributed by atoms with Crippen LogP contribution in [-0.2, 0) is 6.42 Å². The highest BCUT2D eigenvalue weighted by molar-refractivity contribution is 5.50. The zero-order valence-electron chi connectivity index (χ0n) is 6.67. The van der Waals surface area contributed by atoms with E-state index in [1.807, 2.05) is 0 Å². The monoisotopic (exact) mass is 151 g/mol. The van der Waals surface area contributed by atoms with Crippen LogP contribution in [0.15, 0.2) is 18.2 Å². The molecule has 0 aliphatic rings. The minimum atomic E-state index is 0.294. The summed E-state index contributed by atoms with van der Waals surface area (Å²) in [4.78, 5) is 0. The van der Waals surface area contributed by atoms with Crippen LogP contribution in [0.25, 0.3) is 0 Å². The predicted molar refractivity (Wildman–Crippen MR) is 46.5 cm³/mol. The topological polar surface area (TPSA) is 46.2 Å². The standard InChI is InChI=1S/C9H13NO/c1-2-3-7-6-8(11)4-5-9(7)10/h4-6,11H,2-3,10H2,1H3. The Bertz CT molecular complexity index is 245. The highest BCUT2D eigenvalue weighted by Gasteiger charge is 1.97. The Kier molecular flexibility index (Phi) is 2.36. The zero-order chi connectivity index (χ0) is 8.27. The Morgan fingerprint density at radius 3 is 2.82 bits per heavy atom. The van der Waals surface area contributed by atoms with Crippen LogP contribution < -0.4 is 5.73 Å². The van der Waals surface area contributed by atoms with Crippen molar-refractivity contribution in [3.8, 4) is 5.75 Å². The van der Waals surface area contributed by atoms with E-state index in [-0.39, 0.29) is 0 Å². The van der Waals surface area contributed by atoms with Gasteiger partial charge in [-0.25, -0.2) is 0 Å². The number of nitrogens with two attached hydrogens (primary N) is 1. The first kappa shape index (κ1) is 7.92. The third-order valence-corrected chi connectivity index (χ3v) is 1.65. The second-order valence-corrected chi connectivity index (χ2v) is 2.63. The third kappa shape index (κ3) is 1.87. The molecule has 1 aromatic carbocycles. The van der Waals surface area contributed by atoms with Crippen LogP contribution in [0.3, 0.4) is 0 Å². The second kappa shape index (κ2) is 3.28. The molecule has 0 aliphatic carbocycles. The summed E-state index contributed by atoms with van der Waals surface area (Å²) in [6.45, 7) is 2.09. The number of aryl methyl sites for hydroxylation is 1. The van der Waals surface area contributed by atoms with E-state index in [4.69, 9.17) is 10.8 Å². The van der Waals surface area contributed by atoms with Gasteiger partial charge in [0, 0.05) is 5.69 Å². The fourth-order valence-electron chi connectivity index (χ4n) is 1.08. The van der Waals surface area contributed by atoms with Crippen LogP contribution in [0, 0.1) is 0 Å². The summed E-state index contributed by atoms with van der Waals surface area (Å²) in [5, 5.41) is 9.11. The molecule has 2 nitrogen and oxygen atoms in total. The van der Waals surface area contributed by atoms with Crippen LogP contribution in [0.1, 0.15) is 18.9 Å². The first-order valence-electron chi connectivity index (χ1n) is 3.81. The van der Waals surface area contributed by atoms with Crippen molar-refractivity contribution in [1.29, 1.82) is 0 Å². The fraction of sp³-hybridized carbons (Fsp3) is 0.333. The molecule has 3 N–H and O–H groups in total. The quantitative estimate of drug-likeness (QED) is 0.501. The van der Waals surface area contributed by atoms with E-state index in [0.717, 1.165) is 24.1 Å². The van der Waals surface area contributed by atoms with Crippen molar-refractivity contribution in [3.05, 3.63) is 23.8 Å². The molecule has 0 fully saturated rings. The van der Waals surface area contributed by atoms with Gasteiger partial charge in [-0.2, -0.15) is 0 Å². The summed E-state index contributed by atoms with van der Waals surface area (Å²) in [6, 6.07) is 5.06. The van der Waals surface area contributed by atoms with Gasteiger partial charge in [0.1, 0.15) is 5.75 Å². The number of hydrogen-bond acceptors (Lipinski definition) is 2. The molecular weight excluding hydrogens is 138 g/mol. The van der Waals surface area contributed by atoms with Crippen molar-refractivity contribution >= 4 is 5.69 Å². The lowest BCUT2D eigenvalue weighted by atomic mass is 10.1. The lowest BCUT2D eigenvalue weighted by molar-refractivity contribution is 0.474. The van der Waals surface area contributed by atoms with Crippen molar-refractivity contribution < 1.29 is 5.11 Å². The molecule has 0 aromatic heterocycles. The summed E-state index contributed by atoms with van der Waals surface area (Å²) >= 11 is 0. The maximum Gasteiger partial charge on any atom is 0.116 e. The van der Waals surface area contributed by atoms with Gasteiger partial charge >= 0.3 is 0 Å². The molecule has 0 bridgehead atoms. The van der Waals surface area contributed by atoms with E-state index < -0.39 is 0 Å². The Balaban J connectivity index is 2.93. The fourth-order valence-corrected chi connectivity index (χ4v) is 1.08. The number of benzene rings is 1. The van der Waals surface area contributed by atoms with E-state index in [0.29, 0.717) is 5.75 Å². The maximum atomic E-state index is 9.11. The van der Waals surface area contributed by atoms with Crippen LogP contribution in [0.4, 0.5) is 5.69 Å². The highest BCUT2D eigenvalue weighted by atomic mass is 16.3. The molecule has 0 unspecified atom stereocenters. The van der Waals surface area contributed by atoms with Gasteiger partial charge < -0.3 is 10.8 Å². The molecular formula is C9H13NO. The summed E-state index contributed by atoms with van der Waals surface area (Å²) in [7, 11) is 0. The minimum Gasteiger partial charge on any atom is -0.508 e. The lowest BCUT2D eigenvalue weighted by Gasteiger charge is -2.03. The van der Waals surface area contributed by atoms with Crippen LogP contribution in [0.5, 0.6) is 5.75 Å². The van der Waals surface area contributed by atoms with Gasteiger partial charge in [0.25, 0.3) is 0 Å². The van der Waals surface area contributed by atoms with Gasteiger partial charge in [0.05, 0.1) is 0 Å². The molecule has 0 amide bonds. The largest absolute Gasteiger partial charge is 0.508 e. The number of phenols is 1. The van der Waals surface area contributed by atoms with Crippen molar-refractivity contribution in [2.24, 2.45) is 0 Å². The second-order valence-electron chi connectivity index (χ2n) is 2.63. The number of phenolic OH excluding ortho intramolecular Hbond substituents is 1. The smallest absolute Gasteiger partial charge is 0.116 e. The first-order chi connectivity index (χ1) is 5.24. The van der Waals surface area contributed by atoms with Crippen molar-refractivity contribution in [2.75, 3.05) is 5.73 Å². The molecule has 0 saturated heterocycles. The number of aromatic hydroxyl groups is 1. The summed E-state index contributed by atoms with van der Waals surface area (Å²) in [5.41, 5.74) is 7.47. The third-order valence-electron chi connectivity index (χ3n) is 1.65. The molecule has 1 rings (SSSR count). The summed E-state index contributed by atoms with van der Waals surface area (Å²) in [5.74, 6) is 0.294. The van der Waals surface area contributed by atoms with E-state index in [9.17, 15) is 0 Å². The number of rotatable bonds is 2. The SMILES string of the molecule is CCCc1cc(O)ccc1N. The number of hydrogen-bond donors (Lipinski definition) is 2. The Morgan fingerprint density at radius 1 is 1.45 bits per heavy atom. The van der Waals surface area contributed by atoms with Gasteiger partial charge in [-0.15, -0.1) is 0 Å². The molecule has 0 aliphatic heterocycles. The molecule has 11 heavy (non-hydrogen) atoms. The maximum absolute atomic E-state index is 9.11. The molecule has 60 valence electrons. The zero-order valence-corrected chi connectivity index (χ0v) is 6.67. The van der Waals surface area contributed by atoms with Gasteiger partial charge in [-0.1, -0.05) is 13.3 Å². The van der Waals surface area contributed by atoms with E-state index in [1.165, 1.54) is 0 Å². The van der Waals surface area contributed by atoms with Gasteiger partial charge in [0.15, 0.2) is 0 Å². The van der Waals surface area contributed by atoms with Crippen LogP contribution in [0.2, 0.25) is 0 Å². The summed E-state index contributed by atoms with van der Waals surface area (Å²) in [6.07, 6.45) is 1.98. The van der Waals surface area contributed by atoms with Crippen molar-refractivity contribution in [2.45, 2.75) is 19.8 Å². The van der Waals surface area contributed by atoms with E-state index >= 15 is 0 Å². The normalized spacial score (nSPS) is 9.91. The average Bonchev–Trinajstić information content (AvgIpc) is 1.98. The Hall–Kier alpha value is -1.18. The van der Waals surface area contributed by atoms with E-state index in [2.05, 4.69) is 6.92 Å². The molecule has 1 aromatic rings. The van der Waals surface area contributed by atoms with Crippen molar-refractivity contribution in [1.82, 2.24) is 0 Å². The van der Waals surface area contributed by atoms with Crippen LogP contribution >= 0.6 is 0 Å². The Labute approximate surface area is 66.7 Å². The van der Waals surface area contributed by atoms with E-state index in [1.54, 1.807) is 18.2 Å². The molecule has 0 atom stereocenters. The predicted octanol–water partition coefficient (Wildman–Crippen LogP) is 1.93. The lowest BCUT2D eigenvalue weighted by Crippen LogP contribution is -1.92.